The molecule has 6 heteroatoms. The smallest absolute Gasteiger partial charge is 0.268 e. The summed E-state index contributed by atoms with van der Waals surface area (Å²) >= 11 is 0. The molecule has 0 spiro atoms. The van der Waals surface area contributed by atoms with Crippen LogP contribution in [0, 0.1) is 18.5 Å². The Labute approximate surface area is 427 Å². The molecule has 68 heavy (non-hydrogen) atoms. The summed E-state index contributed by atoms with van der Waals surface area (Å²) in [4.78, 5) is 4.83. The van der Waals surface area contributed by atoms with Gasteiger partial charge < -0.3 is 13.9 Å². The first-order chi connectivity index (χ1) is 36.6. The number of ether oxygens (including phenoxy) is 1. The number of benzene rings is 8. The van der Waals surface area contributed by atoms with Crippen LogP contribution >= 0.6 is 0 Å². The number of rotatable bonds is 8. The van der Waals surface area contributed by atoms with Crippen molar-refractivity contribution in [3.05, 3.63) is 224 Å². The van der Waals surface area contributed by atoms with Crippen LogP contribution < -0.4 is 9.30 Å². The Morgan fingerprint density at radius 2 is 1.21 bits per heavy atom. The summed E-state index contributed by atoms with van der Waals surface area (Å²) in [5, 5.41) is 2.04. The second-order valence-corrected chi connectivity index (χ2v) is 18.6. The third kappa shape index (κ3) is 8.26. The van der Waals surface area contributed by atoms with Gasteiger partial charge in [0.15, 0.2) is 0 Å². The van der Waals surface area contributed by atoms with Crippen molar-refractivity contribution in [2.75, 3.05) is 0 Å². The van der Waals surface area contributed by atoms with Crippen molar-refractivity contribution in [2.24, 2.45) is 0 Å². The SMILES string of the molecule is [2H]c1c([2H])c([2H])c(-c2cc(-c3cccc(C(C)(C)C)c3)c(-[n+]3[c-]n(-c4[c-]c(Oc5[c-]c6c(cc5)c5ccccc5n6-c5cc(C(C)(C)C)ccn5)ccc4)c4ccccc43)c(-c3c([2H])c([2H])c([2H])c([2H])c3[2H])c2)c([2H])c1[2H].[Pt]. The van der Waals surface area contributed by atoms with Gasteiger partial charge >= 0.3 is 0 Å². The molecule has 5 nitrogen and oxygen atoms in total. The number of pyridine rings is 1. The van der Waals surface area contributed by atoms with E-state index in [4.69, 9.17) is 20.7 Å². The van der Waals surface area contributed by atoms with Crippen LogP contribution in [0.25, 0.3) is 83.4 Å². The van der Waals surface area contributed by atoms with Gasteiger partial charge in [0.1, 0.15) is 5.82 Å². The van der Waals surface area contributed by atoms with Gasteiger partial charge in [-0.05, 0) is 96.7 Å². The maximum absolute atomic E-state index is 9.37. The van der Waals surface area contributed by atoms with Gasteiger partial charge in [0, 0.05) is 44.3 Å². The molecule has 0 aliphatic carbocycles. The summed E-state index contributed by atoms with van der Waals surface area (Å²) < 4.78 is 101. The first-order valence-electron chi connectivity index (χ1n) is 27.1. The molecule has 3 heterocycles. The van der Waals surface area contributed by atoms with Crippen LogP contribution in [0.2, 0.25) is 0 Å². The summed E-state index contributed by atoms with van der Waals surface area (Å²) in [6.45, 7) is 12.8. The molecular weight excluding hydrogens is 1010 g/mol. The summed E-state index contributed by atoms with van der Waals surface area (Å²) in [5.74, 6) is 1.59. The average molecular weight is 1070 g/mol. The molecule has 8 aromatic carbocycles. The summed E-state index contributed by atoms with van der Waals surface area (Å²) in [6, 6.07) is 42.2. The van der Waals surface area contributed by atoms with Gasteiger partial charge in [-0.3, -0.25) is 4.57 Å². The van der Waals surface area contributed by atoms with E-state index in [1.165, 1.54) is 0 Å². The number of nitrogens with zero attached hydrogens (tertiary/aromatic N) is 4. The minimum Gasteiger partial charge on any atom is -0.510 e. The molecule has 3 aromatic heterocycles. The number of hydrogen-bond acceptors (Lipinski definition) is 2. The monoisotopic (exact) mass is 1070 g/mol. The molecule has 0 N–H and O–H groups in total. The van der Waals surface area contributed by atoms with Gasteiger partial charge in [-0.25, -0.2) is 4.98 Å². The predicted molar refractivity (Wildman–Crippen MR) is 274 cm³/mol. The molecule has 0 saturated heterocycles. The van der Waals surface area contributed by atoms with Crippen LogP contribution in [0.5, 0.6) is 11.5 Å². The fourth-order valence-corrected chi connectivity index (χ4v) is 8.69. The zero-order chi connectivity index (χ0) is 54.6. The van der Waals surface area contributed by atoms with E-state index in [1.54, 1.807) is 22.8 Å². The normalized spacial score (nSPS) is 13.9. The third-order valence-corrected chi connectivity index (χ3v) is 12.1. The van der Waals surface area contributed by atoms with E-state index in [0.717, 1.165) is 38.8 Å². The van der Waals surface area contributed by atoms with Crippen molar-refractivity contribution >= 4 is 32.8 Å². The van der Waals surface area contributed by atoms with Crippen molar-refractivity contribution in [1.82, 2.24) is 14.1 Å². The van der Waals surface area contributed by atoms with E-state index in [-0.39, 0.29) is 54.1 Å². The molecule has 11 aromatic rings. The molecule has 0 saturated carbocycles. The van der Waals surface area contributed by atoms with Crippen molar-refractivity contribution in [3.8, 4) is 62.1 Å². The van der Waals surface area contributed by atoms with Crippen LogP contribution in [0.15, 0.2) is 194 Å². The molecule has 0 amide bonds. The van der Waals surface area contributed by atoms with E-state index in [2.05, 4.69) is 82.8 Å². The number of fused-ring (bicyclic) bond motifs is 4. The van der Waals surface area contributed by atoms with E-state index in [1.807, 2.05) is 102 Å². The zero-order valence-electron chi connectivity index (χ0n) is 48.2. The Balaban J connectivity index is 0.00000688. The topological polar surface area (TPSA) is 35.9 Å². The largest absolute Gasteiger partial charge is 0.510 e. The molecule has 0 atom stereocenters. The quantitative estimate of drug-likeness (QED) is 0.112. The standard InChI is InChI=1S/C62H50N4O.Pt/c1-61(2,3)46-24-17-23-44(35-46)54-37-45(42-19-9-7-10-20-42)36-53(43-21-11-8-12-22-43)60(54)65-41-64(56-29-15-16-30-57(56)65)48-25-18-26-49(39-48)67-50-31-32-52-51-27-13-14-28-55(51)66(58(52)40-50)59-38-47(33-34-63-59)62(4,5)6;/h7-38H,1-6H3;/q-2;/i7D,8D,9D,10D,11D,12D,19D,20D,21D,22D;. The van der Waals surface area contributed by atoms with Crippen molar-refractivity contribution in [1.29, 1.82) is 0 Å². The van der Waals surface area contributed by atoms with Gasteiger partial charge in [-0.1, -0.05) is 174 Å². The van der Waals surface area contributed by atoms with E-state index in [0.29, 0.717) is 45.0 Å². The second kappa shape index (κ2) is 17.7. The predicted octanol–water partition coefficient (Wildman–Crippen LogP) is 15.2. The minimum absolute atomic E-state index is 0. The molecule has 0 radical (unpaired) electrons. The van der Waals surface area contributed by atoms with E-state index in [9.17, 15) is 2.74 Å². The minimum atomic E-state index is -0.582. The van der Waals surface area contributed by atoms with Gasteiger partial charge in [0.05, 0.1) is 30.4 Å². The Bertz CT molecular complexity index is 4190. The summed E-state index contributed by atoms with van der Waals surface area (Å²) in [7, 11) is 0. The Morgan fingerprint density at radius 3 is 1.96 bits per heavy atom. The van der Waals surface area contributed by atoms with Crippen LogP contribution in [0.4, 0.5) is 0 Å². The van der Waals surface area contributed by atoms with E-state index < -0.39 is 60.4 Å². The Kier molecular flexibility index (Phi) is 8.87. The molecular formula is C62H50N4OPt-2. The van der Waals surface area contributed by atoms with Crippen LogP contribution in [0.1, 0.15) is 66.4 Å². The first-order valence-corrected chi connectivity index (χ1v) is 22.1. The Morgan fingerprint density at radius 1 is 0.559 bits per heavy atom. The van der Waals surface area contributed by atoms with Crippen molar-refractivity contribution in [3.63, 3.8) is 0 Å². The fourth-order valence-electron chi connectivity index (χ4n) is 8.69. The number of imidazole rings is 1. The maximum Gasteiger partial charge on any atom is 0.268 e. The van der Waals surface area contributed by atoms with Crippen LogP contribution in [-0.2, 0) is 31.9 Å². The van der Waals surface area contributed by atoms with E-state index >= 15 is 0 Å². The number of para-hydroxylation sites is 3. The van der Waals surface area contributed by atoms with Crippen molar-refractivity contribution < 1.29 is 44.1 Å². The first kappa shape index (κ1) is 34.0. The average Bonchev–Trinajstić information content (AvgIpc) is 4.16. The Hall–Kier alpha value is -7.33. The van der Waals surface area contributed by atoms with Crippen LogP contribution in [-0.4, -0.2) is 14.1 Å². The molecule has 11 rings (SSSR count). The number of hydrogen-bond donors (Lipinski definition) is 0. The van der Waals surface area contributed by atoms with Gasteiger partial charge in [-0.2, -0.15) is 18.2 Å². The van der Waals surface area contributed by atoms with Gasteiger partial charge in [0.2, 0.25) is 0 Å². The van der Waals surface area contributed by atoms with Crippen LogP contribution in [0.3, 0.4) is 0 Å². The molecule has 0 aliphatic rings. The van der Waals surface area contributed by atoms with Gasteiger partial charge in [-0.15, -0.1) is 29.7 Å². The van der Waals surface area contributed by atoms with Gasteiger partial charge in [0.25, 0.3) is 6.33 Å². The fraction of sp³-hybridized carbons (Fsp3) is 0.129. The molecule has 0 bridgehead atoms. The third-order valence-electron chi connectivity index (χ3n) is 12.1. The zero-order valence-corrected chi connectivity index (χ0v) is 40.5. The van der Waals surface area contributed by atoms with Crippen molar-refractivity contribution in [2.45, 2.75) is 52.4 Å². The molecule has 0 fully saturated rings. The maximum atomic E-state index is 9.37. The summed E-state index contributed by atoms with van der Waals surface area (Å²) in [6.07, 6.45) is 5.40. The second-order valence-electron chi connectivity index (χ2n) is 18.6. The summed E-state index contributed by atoms with van der Waals surface area (Å²) in [5.41, 5.74) is 6.78. The molecule has 0 aliphatic heterocycles. The number of aromatic nitrogens is 4. The molecule has 336 valence electrons. The molecule has 0 unspecified atom stereocenters.